The second-order valence-electron chi connectivity index (χ2n) is 7.12. The minimum atomic E-state index is 0.0968. The zero-order valence-corrected chi connectivity index (χ0v) is 15.7. The normalized spacial score (nSPS) is 17.8. The summed E-state index contributed by atoms with van der Waals surface area (Å²) in [5.41, 5.74) is 2.34. The monoisotopic (exact) mass is 358 g/mol. The molecule has 0 bridgehead atoms. The molecule has 8 heteroatoms. The van der Waals surface area contributed by atoms with E-state index in [-0.39, 0.29) is 12.3 Å². The van der Waals surface area contributed by atoms with E-state index in [2.05, 4.69) is 24.9 Å². The van der Waals surface area contributed by atoms with E-state index in [1.807, 2.05) is 36.3 Å². The molecule has 1 saturated heterocycles. The highest BCUT2D eigenvalue weighted by Crippen LogP contribution is 2.22. The Hall–Kier alpha value is -2.51. The number of hydrogen-bond donors (Lipinski definition) is 0. The van der Waals surface area contributed by atoms with Crippen molar-refractivity contribution < 1.29 is 9.42 Å². The summed E-state index contributed by atoms with van der Waals surface area (Å²) in [5, 5.41) is 7.55. The van der Waals surface area contributed by atoms with Crippen LogP contribution in [0.25, 0.3) is 0 Å². The maximum Gasteiger partial charge on any atom is 0.228 e. The molecule has 1 aliphatic rings. The van der Waals surface area contributed by atoms with Gasteiger partial charge >= 0.3 is 0 Å². The molecule has 1 aliphatic heterocycles. The van der Waals surface area contributed by atoms with E-state index in [0.29, 0.717) is 17.3 Å². The Morgan fingerprint density at radius 2 is 2.08 bits per heavy atom. The van der Waals surface area contributed by atoms with Crippen molar-refractivity contribution >= 4 is 11.7 Å². The van der Waals surface area contributed by atoms with Gasteiger partial charge in [-0.05, 0) is 38.5 Å². The molecule has 2 aromatic heterocycles. The average molecular weight is 358 g/mol. The summed E-state index contributed by atoms with van der Waals surface area (Å²) in [5.74, 6) is 1.49. The Kier molecular flexibility index (Phi) is 5.80. The van der Waals surface area contributed by atoms with E-state index in [0.717, 1.165) is 50.3 Å². The second-order valence-corrected chi connectivity index (χ2v) is 7.12. The van der Waals surface area contributed by atoms with Gasteiger partial charge < -0.3 is 9.80 Å². The van der Waals surface area contributed by atoms with Gasteiger partial charge in [-0.15, -0.1) is 0 Å². The SMILES string of the molecule is Cc1nonc1CC(=O)N1CCC[C@@H](Cc2cnc(N(C)C)cn2)CC1. The minimum absolute atomic E-state index is 0.0968. The third kappa shape index (κ3) is 4.56. The molecular formula is C18H26N6O2. The summed E-state index contributed by atoms with van der Waals surface area (Å²) in [4.78, 5) is 25.4. The molecule has 1 atom stereocenters. The number of carbonyl (C=O) groups excluding carboxylic acids is 1. The predicted molar refractivity (Wildman–Crippen MR) is 96.7 cm³/mol. The topological polar surface area (TPSA) is 88.2 Å². The number of amides is 1. The molecule has 0 unspecified atom stereocenters. The van der Waals surface area contributed by atoms with Crippen molar-refractivity contribution in [3.63, 3.8) is 0 Å². The van der Waals surface area contributed by atoms with Crippen molar-refractivity contribution in [2.75, 3.05) is 32.1 Å². The predicted octanol–water partition coefficient (Wildman–Crippen LogP) is 1.65. The van der Waals surface area contributed by atoms with Gasteiger partial charge in [-0.25, -0.2) is 9.61 Å². The molecule has 8 nitrogen and oxygen atoms in total. The van der Waals surface area contributed by atoms with Crippen LogP contribution in [0.3, 0.4) is 0 Å². The van der Waals surface area contributed by atoms with E-state index in [1.54, 1.807) is 6.92 Å². The van der Waals surface area contributed by atoms with Crippen LogP contribution >= 0.6 is 0 Å². The van der Waals surface area contributed by atoms with Crippen LogP contribution in [0, 0.1) is 12.8 Å². The molecule has 3 heterocycles. The van der Waals surface area contributed by atoms with E-state index in [9.17, 15) is 4.79 Å². The molecule has 2 aromatic rings. The molecule has 140 valence electrons. The number of anilines is 1. The van der Waals surface area contributed by atoms with Crippen molar-refractivity contribution in [2.45, 2.75) is 39.0 Å². The van der Waals surface area contributed by atoms with Gasteiger partial charge in [0.05, 0.1) is 24.5 Å². The highest BCUT2D eigenvalue weighted by molar-refractivity contribution is 5.78. The standard InChI is InChI=1S/C18H26N6O2/c1-13-16(22-26-21-13)10-18(25)24-7-4-5-14(6-8-24)9-15-11-20-17(12-19-15)23(2)3/h11-12,14H,4-10H2,1-3H3/t14-/m1/s1. The molecule has 1 fully saturated rings. The summed E-state index contributed by atoms with van der Waals surface area (Å²) in [7, 11) is 3.91. The van der Waals surface area contributed by atoms with Crippen LogP contribution in [0.4, 0.5) is 5.82 Å². The fraction of sp³-hybridized carbons (Fsp3) is 0.611. The number of hydrogen-bond acceptors (Lipinski definition) is 7. The van der Waals surface area contributed by atoms with Crippen LogP contribution in [-0.4, -0.2) is 58.3 Å². The average Bonchev–Trinajstić information content (AvgIpc) is 2.88. The fourth-order valence-electron chi connectivity index (χ4n) is 3.26. The molecule has 1 amide bonds. The Bertz CT molecular complexity index is 728. The lowest BCUT2D eigenvalue weighted by Crippen LogP contribution is -2.33. The van der Waals surface area contributed by atoms with Crippen molar-refractivity contribution in [1.82, 2.24) is 25.2 Å². The summed E-state index contributed by atoms with van der Waals surface area (Å²) in [6.45, 7) is 3.38. The van der Waals surface area contributed by atoms with Crippen molar-refractivity contribution in [1.29, 1.82) is 0 Å². The van der Waals surface area contributed by atoms with Gasteiger partial charge in [0, 0.05) is 27.2 Å². The number of aryl methyl sites for hydroxylation is 1. The van der Waals surface area contributed by atoms with Crippen molar-refractivity contribution in [3.8, 4) is 0 Å². The van der Waals surface area contributed by atoms with Gasteiger partial charge in [0.1, 0.15) is 17.2 Å². The van der Waals surface area contributed by atoms with Gasteiger partial charge in [-0.2, -0.15) is 0 Å². The lowest BCUT2D eigenvalue weighted by atomic mass is 9.95. The lowest BCUT2D eigenvalue weighted by molar-refractivity contribution is -0.130. The Labute approximate surface area is 153 Å². The maximum atomic E-state index is 12.5. The number of nitrogens with zero attached hydrogens (tertiary/aromatic N) is 6. The zero-order chi connectivity index (χ0) is 18.5. The van der Waals surface area contributed by atoms with Crippen LogP contribution in [0.15, 0.2) is 17.0 Å². The van der Waals surface area contributed by atoms with E-state index in [1.165, 1.54) is 0 Å². The highest BCUT2D eigenvalue weighted by Gasteiger charge is 2.23. The van der Waals surface area contributed by atoms with Gasteiger partial charge in [-0.3, -0.25) is 9.78 Å². The van der Waals surface area contributed by atoms with Crippen LogP contribution in [0.2, 0.25) is 0 Å². The molecule has 0 aromatic carbocycles. The number of rotatable bonds is 5. The first-order valence-electron chi connectivity index (χ1n) is 9.07. The first-order chi connectivity index (χ1) is 12.5. The maximum absolute atomic E-state index is 12.5. The van der Waals surface area contributed by atoms with Gasteiger partial charge in [0.2, 0.25) is 5.91 Å². The van der Waals surface area contributed by atoms with Crippen LogP contribution in [0.5, 0.6) is 0 Å². The molecule has 0 radical (unpaired) electrons. The Morgan fingerprint density at radius 1 is 1.23 bits per heavy atom. The van der Waals surface area contributed by atoms with E-state index < -0.39 is 0 Å². The largest absolute Gasteiger partial charge is 0.361 e. The first-order valence-corrected chi connectivity index (χ1v) is 9.07. The molecule has 0 N–H and O–H groups in total. The van der Waals surface area contributed by atoms with E-state index in [4.69, 9.17) is 0 Å². The molecule has 26 heavy (non-hydrogen) atoms. The smallest absolute Gasteiger partial charge is 0.228 e. The fourth-order valence-corrected chi connectivity index (χ4v) is 3.26. The van der Waals surface area contributed by atoms with E-state index >= 15 is 0 Å². The zero-order valence-electron chi connectivity index (χ0n) is 15.7. The summed E-state index contributed by atoms with van der Waals surface area (Å²) < 4.78 is 4.68. The summed E-state index contributed by atoms with van der Waals surface area (Å²) >= 11 is 0. The molecule has 0 spiro atoms. The second kappa shape index (κ2) is 8.25. The molecule has 3 rings (SSSR count). The molecule has 0 aliphatic carbocycles. The quantitative estimate of drug-likeness (QED) is 0.803. The van der Waals surface area contributed by atoms with Crippen LogP contribution < -0.4 is 4.90 Å². The third-order valence-electron chi connectivity index (χ3n) is 4.91. The summed E-state index contributed by atoms with van der Waals surface area (Å²) in [6, 6.07) is 0. The van der Waals surface area contributed by atoms with Crippen LogP contribution in [0.1, 0.15) is 36.3 Å². The third-order valence-corrected chi connectivity index (χ3v) is 4.91. The number of likely N-dealkylation sites (tertiary alicyclic amines) is 1. The number of carbonyl (C=O) groups is 1. The van der Waals surface area contributed by atoms with Crippen molar-refractivity contribution in [2.24, 2.45) is 5.92 Å². The molecular weight excluding hydrogens is 332 g/mol. The Balaban J connectivity index is 1.53. The summed E-state index contributed by atoms with van der Waals surface area (Å²) in [6.07, 6.45) is 7.95. The highest BCUT2D eigenvalue weighted by atomic mass is 16.6. The van der Waals surface area contributed by atoms with Gasteiger partial charge in [0.15, 0.2) is 0 Å². The molecule has 0 saturated carbocycles. The van der Waals surface area contributed by atoms with Crippen LogP contribution in [-0.2, 0) is 17.6 Å². The van der Waals surface area contributed by atoms with Gasteiger partial charge in [0.25, 0.3) is 0 Å². The van der Waals surface area contributed by atoms with Crippen molar-refractivity contribution in [3.05, 3.63) is 29.5 Å². The minimum Gasteiger partial charge on any atom is -0.361 e. The lowest BCUT2D eigenvalue weighted by Gasteiger charge is -2.20. The Morgan fingerprint density at radius 3 is 2.73 bits per heavy atom. The first kappa shape index (κ1) is 18.3. The van der Waals surface area contributed by atoms with Gasteiger partial charge in [-0.1, -0.05) is 10.3 Å². The number of aromatic nitrogens is 4.